The number of nitrogens with zero attached hydrogens (tertiary/aromatic N) is 2. The lowest BCUT2D eigenvalue weighted by molar-refractivity contribution is 0.281. The second-order valence-electron chi connectivity index (χ2n) is 4.23. The standard InChI is InChI=1S/C13H15FN2O/c1-9(2)16-13(5-6-15-16)11-7-10(8-17)3-4-12(11)14/h3-7,9,17H,8H2,1-2H3. The van der Waals surface area contributed by atoms with Crippen LogP contribution in [0.25, 0.3) is 11.3 Å². The first-order valence-corrected chi connectivity index (χ1v) is 5.56. The third-order valence-corrected chi connectivity index (χ3v) is 2.65. The molecule has 0 aliphatic rings. The highest BCUT2D eigenvalue weighted by Gasteiger charge is 2.12. The lowest BCUT2D eigenvalue weighted by Gasteiger charge is -2.12. The van der Waals surface area contributed by atoms with Gasteiger partial charge >= 0.3 is 0 Å². The molecule has 1 heterocycles. The average Bonchev–Trinajstić information content (AvgIpc) is 2.78. The van der Waals surface area contributed by atoms with E-state index in [0.29, 0.717) is 11.1 Å². The summed E-state index contributed by atoms with van der Waals surface area (Å²) in [5, 5.41) is 13.3. The molecule has 0 unspecified atom stereocenters. The fourth-order valence-electron chi connectivity index (χ4n) is 1.81. The van der Waals surface area contributed by atoms with Gasteiger partial charge in [-0.3, -0.25) is 4.68 Å². The third-order valence-electron chi connectivity index (χ3n) is 2.65. The first-order valence-electron chi connectivity index (χ1n) is 5.56. The quantitative estimate of drug-likeness (QED) is 0.886. The topological polar surface area (TPSA) is 38.0 Å². The van der Waals surface area contributed by atoms with Crippen LogP contribution in [0.5, 0.6) is 0 Å². The van der Waals surface area contributed by atoms with Crippen LogP contribution in [0.15, 0.2) is 30.5 Å². The Bertz CT molecular complexity index is 520. The summed E-state index contributed by atoms with van der Waals surface area (Å²) in [4.78, 5) is 0. The van der Waals surface area contributed by atoms with E-state index in [9.17, 15) is 4.39 Å². The Kier molecular flexibility index (Phi) is 3.24. The number of hydrogen-bond donors (Lipinski definition) is 1. The predicted molar refractivity (Wildman–Crippen MR) is 63.9 cm³/mol. The molecule has 2 aromatic rings. The molecule has 1 N–H and O–H groups in total. The molecule has 0 aliphatic heterocycles. The number of hydrogen-bond acceptors (Lipinski definition) is 2. The second-order valence-corrected chi connectivity index (χ2v) is 4.23. The van der Waals surface area contributed by atoms with Crippen LogP contribution < -0.4 is 0 Å². The fourth-order valence-corrected chi connectivity index (χ4v) is 1.81. The second kappa shape index (κ2) is 4.67. The molecule has 17 heavy (non-hydrogen) atoms. The number of aliphatic hydroxyl groups is 1. The van der Waals surface area contributed by atoms with E-state index >= 15 is 0 Å². The highest BCUT2D eigenvalue weighted by atomic mass is 19.1. The van der Waals surface area contributed by atoms with E-state index in [4.69, 9.17) is 5.11 Å². The van der Waals surface area contributed by atoms with Crippen molar-refractivity contribution in [2.24, 2.45) is 0 Å². The minimum atomic E-state index is -0.301. The van der Waals surface area contributed by atoms with Crippen LogP contribution in [0.4, 0.5) is 4.39 Å². The van der Waals surface area contributed by atoms with Gasteiger partial charge in [-0.15, -0.1) is 0 Å². The molecule has 0 atom stereocenters. The van der Waals surface area contributed by atoms with Crippen molar-refractivity contribution in [3.63, 3.8) is 0 Å². The van der Waals surface area contributed by atoms with Crippen molar-refractivity contribution in [2.45, 2.75) is 26.5 Å². The SMILES string of the molecule is CC(C)n1nccc1-c1cc(CO)ccc1F. The van der Waals surface area contributed by atoms with Crippen molar-refractivity contribution in [3.8, 4) is 11.3 Å². The molecule has 0 spiro atoms. The van der Waals surface area contributed by atoms with Gasteiger partial charge < -0.3 is 5.11 Å². The average molecular weight is 234 g/mol. The Hall–Kier alpha value is -1.68. The monoisotopic (exact) mass is 234 g/mol. The van der Waals surface area contributed by atoms with E-state index in [1.54, 1.807) is 29.1 Å². The molecule has 0 bridgehead atoms. The molecule has 0 aliphatic carbocycles. The van der Waals surface area contributed by atoms with Crippen LogP contribution in [0.2, 0.25) is 0 Å². The Balaban J connectivity index is 2.55. The Morgan fingerprint density at radius 1 is 1.35 bits per heavy atom. The highest BCUT2D eigenvalue weighted by molar-refractivity contribution is 5.61. The van der Waals surface area contributed by atoms with Crippen LogP contribution in [-0.4, -0.2) is 14.9 Å². The van der Waals surface area contributed by atoms with E-state index < -0.39 is 0 Å². The predicted octanol–water partition coefficient (Wildman–Crippen LogP) is 2.76. The summed E-state index contributed by atoms with van der Waals surface area (Å²) in [5.74, 6) is -0.301. The van der Waals surface area contributed by atoms with E-state index in [1.165, 1.54) is 6.07 Å². The maximum Gasteiger partial charge on any atom is 0.132 e. The summed E-state index contributed by atoms with van der Waals surface area (Å²) >= 11 is 0. The number of halogens is 1. The molecule has 3 nitrogen and oxygen atoms in total. The molecular formula is C13H15FN2O. The van der Waals surface area contributed by atoms with Gasteiger partial charge in [0.25, 0.3) is 0 Å². The number of aliphatic hydroxyl groups excluding tert-OH is 1. The van der Waals surface area contributed by atoms with Gasteiger partial charge in [0, 0.05) is 17.8 Å². The molecule has 0 saturated heterocycles. The molecule has 0 saturated carbocycles. The van der Waals surface area contributed by atoms with Gasteiger partial charge in [-0.25, -0.2) is 4.39 Å². The van der Waals surface area contributed by atoms with E-state index in [0.717, 1.165) is 5.69 Å². The number of benzene rings is 1. The van der Waals surface area contributed by atoms with Crippen LogP contribution in [0, 0.1) is 5.82 Å². The van der Waals surface area contributed by atoms with Gasteiger partial charge in [-0.2, -0.15) is 5.10 Å². The Morgan fingerprint density at radius 2 is 2.12 bits per heavy atom. The molecule has 0 fully saturated rings. The lowest BCUT2D eigenvalue weighted by Crippen LogP contribution is -2.05. The van der Waals surface area contributed by atoms with Crippen molar-refractivity contribution in [1.82, 2.24) is 9.78 Å². The summed E-state index contributed by atoms with van der Waals surface area (Å²) in [6.07, 6.45) is 1.65. The number of rotatable bonds is 3. The maximum absolute atomic E-state index is 13.8. The van der Waals surface area contributed by atoms with Crippen molar-refractivity contribution in [1.29, 1.82) is 0 Å². The fraction of sp³-hybridized carbons (Fsp3) is 0.308. The molecule has 1 aromatic heterocycles. The van der Waals surface area contributed by atoms with E-state index in [-0.39, 0.29) is 18.5 Å². The van der Waals surface area contributed by atoms with Gasteiger partial charge in [-0.05, 0) is 37.6 Å². The van der Waals surface area contributed by atoms with Gasteiger partial charge in [0.15, 0.2) is 0 Å². The highest BCUT2D eigenvalue weighted by Crippen LogP contribution is 2.25. The molecule has 90 valence electrons. The Morgan fingerprint density at radius 3 is 2.76 bits per heavy atom. The van der Waals surface area contributed by atoms with Crippen LogP contribution in [-0.2, 0) is 6.61 Å². The first kappa shape index (κ1) is 11.8. The van der Waals surface area contributed by atoms with Gasteiger partial charge in [0.2, 0.25) is 0 Å². The minimum absolute atomic E-state index is 0.0942. The summed E-state index contributed by atoms with van der Waals surface area (Å²) in [5.41, 5.74) is 1.90. The smallest absolute Gasteiger partial charge is 0.132 e. The minimum Gasteiger partial charge on any atom is -0.392 e. The molecule has 2 rings (SSSR count). The summed E-state index contributed by atoms with van der Waals surface area (Å²) in [6, 6.07) is 6.55. The van der Waals surface area contributed by atoms with Crippen molar-refractivity contribution >= 4 is 0 Å². The maximum atomic E-state index is 13.8. The zero-order valence-electron chi connectivity index (χ0n) is 9.89. The summed E-state index contributed by atoms with van der Waals surface area (Å²) in [7, 11) is 0. The molecule has 0 amide bonds. The zero-order valence-corrected chi connectivity index (χ0v) is 9.89. The molecular weight excluding hydrogens is 219 g/mol. The van der Waals surface area contributed by atoms with Crippen LogP contribution in [0.1, 0.15) is 25.5 Å². The summed E-state index contributed by atoms with van der Waals surface area (Å²) < 4.78 is 15.6. The van der Waals surface area contributed by atoms with Crippen molar-refractivity contribution < 1.29 is 9.50 Å². The van der Waals surface area contributed by atoms with Crippen molar-refractivity contribution in [2.75, 3.05) is 0 Å². The molecule has 0 radical (unpaired) electrons. The van der Waals surface area contributed by atoms with Gasteiger partial charge in [0.05, 0.1) is 12.3 Å². The number of aromatic nitrogens is 2. The van der Waals surface area contributed by atoms with Crippen molar-refractivity contribution in [3.05, 3.63) is 41.8 Å². The molecule has 4 heteroatoms. The van der Waals surface area contributed by atoms with E-state index in [1.807, 2.05) is 13.8 Å². The third kappa shape index (κ3) is 2.22. The normalized spacial score (nSPS) is 11.1. The van der Waals surface area contributed by atoms with Crippen LogP contribution >= 0.6 is 0 Å². The summed E-state index contributed by atoms with van der Waals surface area (Å²) in [6.45, 7) is 3.89. The largest absolute Gasteiger partial charge is 0.392 e. The van der Waals surface area contributed by atoms with Gasteiger partial charge in [0.1, 0.15) is 5.82 Å². The zero-order chi connectivity index (χ0) is 12.4. The lowest BCUT2D eigenvalue weighted by atomic mass is 10.1. The Labute approximate surface area is 99.5 Å². The molecule has 1 aromatic carbocycles. The first-order chi connectivity index (χ1) is 8.13. The van der Waals surface area contributed by atoms with Gasteiger partial charge in [-0.1, -0.05) is 6.07 Å². The van der Waals surface area contributed by atoms with Crippen LogP contribution in [0.3, 0.4) is 0 Å². The van der Waals surface area contributed by atoms with E-state index in [2.05, 4.69) is 5.10 Å².